The van der Waals surface area contributed by atoms with Crippen LogP contribution in [0, 0.1) is 0 Å². The van der Waals surface area contributed by atoms with Gasteiger partial charge in [-0.3, -0.25) is 0 Å². The Morgan fingerprint density at radius 1 is 1.10 bits per heavy atom. The number of nitrogens with one attached hydrogen (secondary N) is 1. The van der Waals surface area contributed by atoms with Crippen molar-refractivity contribution in [1.82, 2.24) is 10.3 Å². The number of pyridine rings is 1. The number of alkyl halides is 2. The molecule has 0 spiro atoms. The first-order valence-corrected chi connectivity index (χ1v) is 6.79. The minimum Gasteiger partial charge on any atom is -0.434 e. The number of hydrogen-bond donors (Lipinski definition) is 1. The highest BCUT2D eigenvalue weighted by atomic mass is 79.9. The average molecular weight is 343 g/mol. The van der Waals surface area contributed by atoms with Crippen molar-refractivity contribution in [2.24, 2.45) is 0 Å². The maximum Gasteiger partial charge on any atom is 0.387 e. The second kappa shape index (κ2) is 7.31. The van der Waals surface area contributed by atoms with Crippen LogP contribution in [0.5, 0.6) is 5.75 Å². The number of ether oxygens (including phenoxy) is 1. The largest absolute Gasteiger partial charge is 0.434 e. The Balaban J connectivity index is 1.94. The van der Waals surface area contributed by atoms with Gasteiger partial charge in [0.25, 0.3) is 0 Å². The molecular weight excluding hydrogens is 330 g/mol. The van der Waals surface area contributed by atoms with Gasteiger partial charge in [-0.15, -0.1) is 0 Å². The van der Waals surface area contributed by atoms with Crippen molar-refractivity contribution in [2.45, 2.75) is 19.7 Å². The molecule has 0 amide bonds. The van der Waals surface area contributed by atoms with Crippen molar-refractivity contribution in [2.75, 3.05) is 0 Å². The summed E-state index contributed by atoms with van der Waals surface area (Å²) in [4.78, 5) is 4.28. The first-order valence-electron chi connectivity index (χ1n) is 6.00. The zero-order valence-electron chi connectivity index (χ0n) is 10.5. The second-order valence-electron chi connectivity index (χ2n) is 4.04. The van der Waals surface area contributed by atoms with Gasteiger partial charge >= 0.3 is 6.61 Å². The molecular formula is C14H13BrF2N2O. The van der Waals surface area contributed by atoms with Crippen molar-refractivity contribution < 1.29 is 13.5 Å². The van der Waals surface area contributed by atoms with Crippen LogP contribution in [-0.4, -0.2) is 11.6 Å². The third kappa shape index (κ3) is 4.54. The average Bonchev–Trinajstić information content (AvgIpc) is 2.40. The summed E-state index contributed by atoms with van der Waals surface area (Å²) in [6, 6.07) is 12.3. The van der Waals surface area contributed by atoms with E-state index < -0.39 is 6.61 Å². The van der Waals surface area contributed by atoms with Gasteiger partial charge < -0.3 is 10.1 Å². The van der Waals surface area contributed by atoms with Crippen LogP contribution in [-0.2, 0) is 13.1 Å². The number of nitrogens with zero attached hydrogens (tertiary/aromatic N) is 1. The minimum atomic E-state index is -2.82. The van der Waals surface area contributed by atoms with E-state index in [9.17, 15) is 8.78 Å². The zero-order valence-corrected chi connectivity index (χ0v) is 12.1. The number of para-hydroxylation sites is 1. The number of rotatable bonds is 6. The highest BCUT2D eigenvalue weighted by Gasteiger charge is 2.08. The van der Waals surface area contributed by atoms with Crippen LogP contribution >= 0.6 is 15.9 Å². The van der Waals surface area contributed by atoms with Crippen LogP contribution in [0.15, 0.2) is 47.1 Å². The van der Waals surface area contributed by atoms with E-state index in [1.165, 1.54) is 6.07 Å². The quantitative estimate of drug-likeness (QED) is 0.812. The summed E-state index contributed by atoms with van der Waals surface area (Å²) in [6.07, 6.45) is 0. The predicted octanol–water partition coefficient (Wildman–Crippen LogP) is 3.74. The first-order chi connectivity index (χ1) is 9.65. The number of halogens is 3. The van der Waals surface area contributed by atoms with Gasteiger partial charge in [-0.05, 0) is 34.1 Å². The summed E-state index contributed by atoms with van der Waals surface area (Å²) < 4.78 is 29.8. The van der Waals surface area contributed by atoms with Crippen LogP contribution in [0.3, 0.4) is 0 Å². The molecule has 0 saturated carbocycles. The molecule has 0 fully saturated rings. The molecule has 1 aromatic heterocycles. The highest BCUT2D eigenvalue weighted by molar-refractivity contribution is 9.10. The van der Waals surface area contributed by atoms with Gasteiger partial charge in [0, 0.05) is 18.7 Å². The molecule has 106 valence electrons. The van der Waals surface area contributed by atoms with E-state index in [0.717, 1.165) is 10.3 Å². The summed E-state index contributed by atoms with van der Waals surface area (Å²) >= 11 is 3.30. The molecule has 0 saturated heterocycles. The monoisotopic (exact) mass is 342 g/mol. The smallest absolute Gasteiger partial charge is 0.387 e. The number of aromatic nitrogens is 1. The molecule has 2 rings (SSSR count). The minimum absolute atomic E-state index is 0.192. The van der Waals surface area contributed by atoms with Crippen molar-refractivity contribution in [3.05, 3.63) is 58.3 Å². The number of benzene rings is 1. The molecule has 0 atom stereocenters. The Bertz CT molecular complexity index is 566. The summed E-state index contributed by atoms with van der Waals surface area (Å²) in [5.74, 6) is 0.192. The van der Waals surface area contributed by atoms with Gasteiger partial charge in [-0.1, -0.05) is 24.3 Å². The Morgan fingerprint density at radius 3 is 2.65 bits per heavy atom. The predicted molar refractivity (Wildman–Crippen MR) is 75.6 cm³/mol. The topological polar surface area (TPSA) is 34.1 Å². The molecule has 1 N–H and O–H groups in total. The van der Waals surface area contributed by atoms with E-state index in [4.69, 9.17) is 0 Å². The SMILES string of the molecule is FC(F)Oc1ccccc1CNCc1cccc(Br)n1. The normalized spacial score (nSPS) is 10.8. The Labute approximate surface area is 124 Å². The Kier molecular flexibility index (Phi) is 5.43. The van der Waals surface area contributed by atoms with Crippen LogP contribution in [0.25, 0.3) is 0 Å². The van der Waals surface area contributed by atoms with E-state index >= 15 is 0 Å². The molecule has 6 heteroatoms. The summed E-state index contributed by atoms with van der Waals surface area (Å²) in [5.41, 5.74) is 1.55. The highest BCUT2D eigenvalue weighted by Crippen LogP contribution is 2.20. The van der Waals surface area contributed by atoms with Crippen LogP contribution < -0.4 is 10.1 Å². The molecule has 2 aromatic rings. The molecule has 0 radical (unpaired) electrons. The Morgan fingerprint density at radius 2 is 1.90 bits per heavy atom. The molecule has 3 nitrogen and oxygen atoms in total. The van der Waals surface area contributed by atoms with Gasteiger partial charge in [0.2, 0.25) is 0 Å². The molecule has 0 unspecified atom stereocenters. The van der Waals surface area contributed by atoms with E-state index in [1.807, 2.05) is 18.2 Å². The maximum absolute atomic E-state index is 12.3. The van der Waals surface area contributed by atoms with Gasteiger partial charge in [0.05, 0.1) is 5.69 Å². The van der Waals surface area contributed by atoms with Crippen LogP contribution in [0.4, 0.5) is 8.78 Å². The fourth-order valence-electron chi connectivity index (χ4n) is 1.73. The zero-order chi connectivity index (χ0) is 14.4. The lowest BCUT2D eigenvalue weighted by Gasteiger charge is -2.11. The van der Waals surface area contributed by atoms with Crippen molar-refractivity contribution in [3.63, 3.8) is 0 Å². The lowest BCUT2D eigenvalue weighted by Crippen LogP contribution is -2.15. The van der Waals surface area contributed by atoms with E-state index in [2.05, 4.69) is 31.0 Å². The second-order valence-corrected chi connectivity index (χ2v) is 4.85. The molecule has 0 bridgehead atoms. The van der Waals surface area contributed by atoms with Gasteiger partial charge in [0.15, 0.2) is 0 Å². The third-order valence-electron chi connectivity index (χ3n) is 2.58. The summed E-state index contributed by atoms with van der Waals surface area (Å²) in [7, 11) is 0. The van der Waals surface area contributed by atoms with E-state index in [0.29, 0.717) is 18.7 Å². The summed E-state index contributed by atoms with van der Waals surface area (Å²) in [5, 5.41) is 3.15. The summed E-state index contributed by atoms with van der Waals surface area (Å²) in [6.45, 7) is -1.84. The van der Waals surface area contributed by atoms with Gasteiger partial charge in [0.1, 0.15) is 10.4 Å². The van der Waals surface area contributed by atoms with Crippen LogP contribution in [0.2, 0.25) is 0 Å². The standard InChI is InChI=1S/C14H13BrF2N2O/c15-13-7-3-5-11(19-13)9-18-8-10-4-1-2-6-12(10)20-14(16)17/h1-7,14,18H,8-9H2. The van der Waals surface area contributed by atoms with Gasteiger partial charge in [-0.25, -0.2) is 4.98 Å². The van der Waals surface area contributed by atoms with E-state index in [1.54, 1.807) is 18.2 Å². The van der Waals surface area contributed by atoms with Crippen LogP contribution in [0.1, 0.15) is 11.3 Å². The molecule has 0 aliphatic rings. The molecule has 20 heavy (non-hydrogen) atoms. The van der Waals surface area contributed by atoms with Gasteiger partial charge in [-0.2, -0.15) is 8.78 Å². The molecule has 1 heterocycles. The molecule has 0 aliphatic heterocycles. The van der Waals surface area contributed by atoms with Crippen molar-refractivity contribution in [3.8, 4) is 5.75 Å². The number of hydrogen-bond acceptors (Lipinski definition) is 3. The maximum atomic E-state index is 12.3. The van der Waals surface area contributed by atoms with Crippen molar-refractivity contribution in [1.29, 1.82) is 0 Å². The lowest BCUT2D eigenvalue weighted by molar-refractivity contribution is -0.0505. The fraction of sp³-hybridized carbons (Fsp3) is 0.214. The molecule has 0 aliphatic carbocycles. The lowest BCUT2D eigenvalue weighted by atomic mass is 10.2. The third-order valence-corrected chi connectivity index (χ3v) is 3.02. The first kappa shape index (κ1) is 14.9. The van der Waals surface area contributed by atoms with E-state index in [-0.39, 0.29) is 5.75 Å². The molecule has 1 aromatic carbocycles. The van der Waals surface area contributed by atoms with Crippen molar-refractivity contribution >= 4 is 15.9 Å². The Hall–Kier alpha value is -1.53. The fourth-order valence-corrected chi connectivity index (χ4v) is 2.12.